The fraction of sp³-hybridized carbons (Fsp3) is 0. The SMILES string of the molecule is [2H]c1cc2c(oc3c(-c4ccc5ccccc5c4)cc([2H])c(-c4nc(-c5ccc6ccc7ccccc7c6c5)nc(-c5c([2H])c([2H])c([2H])c([2H])c5[2H])n4)c32)c([2H])c1[2H]. The molecule has 0 saturated carbocycles. The Kier molecular flexibility index (Phi) is 4.45. The van der Waals surface area contributed by atoms with Crippen LogP contribution in [0.2, 0.25) is 0 Å². The fourth-order valence-electron chi connectivity index (χ4n) is 6.57. The molecule has 10 aromatic rings. The maximum Gasteiger partial charge on any atom is 0.164 e. The molecule has 0 fully saturated rings. The quantitative estimate of drug-likeness (QED) is 0.181. The first-order valence-electron chi connectivity index (χ1n) is 20.2. The summed E-state index contributed by atoms with van der Waals surface area (Å²) in [6.45, 7) is 0. The van der Waals surface area contributed by atoms with Crippen molar-refractivity contribution >= 4 is 54.3 Å². The predicted molar refractivity (Wildman–Crippen MR) is 201 cm³/mol. The molecular weight excluding hydrogens is 599 g/mol. The summed E-state index contributed by atoms with van der Waals surface area (Å²) in [5.41, 5.74) is 2.05. The largest absolute Gasteiger partial charge is 0.455 e. The van der Waals surface area contributed by atoms with Crippen LogP contribution in [0.1, 0.15) is 12.3 Å². The number of benzene rings is 8. The molecule has 0 saturated heterocycles. The number of furan rings is 1. The molecule has 0 N–H and O–H groups in total. The van der Waals surface area contributed by atoms with Gasteiger partial charge >= 0.3 is 0 Å². The highest BCUT2D eigenvalue weighted by Crippen LogP contribution is 2.42. The topological polar surface area (TPSA) is 51.8 Å². The van der Waals surface area contributed by atoms with E-state index in [4.69, 9.17) is 30.3 Å². The molecule has 0 bridgehead atoms. The second kappa shape index (κ2) is 11.0. The lowest BCUT2D eigenvalue weighted by Gasteiger charge is -2.12. The van der Waals surface area contributed by atoms with Crippen molar-refractivity contribution in [2.45, 2.75) is 0 Å². The first-order chi connectivity index (χ1) is 28.0. The number of aromatic nitrogens is 3. The smallest absolute Gasteiger partial charge is 0.164 e. The number of fused-ring (bicyclic) bond motifs is 7. The van der Waals surface area contributed by atoms with Crippen LogP contribution in [0.25, 0.3) is 99.5 Å². The molecule has 4 heteroatoms. The van der Waals surface area contributed by atoms with Gasteiger partial charge in [-0.1, -0.05) is 133 Å². The number of rotatable bonds is 4. The average Bonchev–Trinajstić information content (AvgIpc) is 3.62. The van der Waals surface area contributed by atoms with E-state index in [0.717, 1.165) is 37.9 Å². The summed E-state index contributed by atoms with van der Waals surface area (Å²) in [7, 11) is 0. The highest BCUT2D eigenvalue weighted by Gasteiger charge is 2.21. The first-order valence-corrected chi connectivity index (χ1v) is 15.7. The van der Waals surface area contributed by atoms with Crippen LogP contribution in [0.5, 0.6) is 0 Å². The van der Waals surface area contributed by atoms with Gasteiger partial charge in [0, 0.05) is 33.0 Å². The standard InChI is InChI=1S/C45H27N3O/c1-2-12-31(13-3-1)43-46-44(34-23-21-30-20-19-29-11-6-7-15-35(29)39(30)27-34)48-45(47-43)38-25-24-36(33-22-18-28-10-4-5-14-32(28)26-33)42-41(38)37-16-8-9-17-40(37)49-42/h1-27H/i1D,2D,3D,8D,9D,12D,13D,17D,25D. The zero-order chi connectivity index (χ0) is 40.1. The van der Waals surface area contributed by atoms with Crippen molar-refractivity contribution in [2.75, 3.05) is 0 Å². The lowest BCUT2D eigenvalue weighted by Crippen LogP contribution is -2.00. The van der Waals surface area contributed by atoms with Gasteiger partial charge in [-0.25, -0.2) is 15.0 Å². The molecule has 0 aliphatic rings. The minimum Gasteiger partial charge on any atom is -0.455 e. The Balaban J connectivity index is 1.32. The van der Waals surface area contributed by atoms with Gasteiger partial charge in [-0.05, 0) is 68.2 Å². The molecule has 0 atom stereocenters. The van der Waals surface area contributed by atoms with Crippen molar-refractivity contribution in [3.05, 3.63) is 164 Å². The Morgan fingerprint density at radius 3 is 1.98 bits per heavy atom. The molecule has 0 unspecified atom stereocenters. The molecule has 228 valence electrons. The van der Waals surface area contributed by atoms with Crippen LogP contribution >= 0.6 is 0 Å². The van der Waals surface area contributed by atoms with Crippen molar-refractivity contribution in [3.63, 3.8) is 0 Å². The summed E-state index contributed by atoms with van der Waals surface area (Å²) in [5, 5.41) is 6.51. The highest BCUT2D eigenvalue weighted by atomic mass is 16.3. The molecule has 0 radical (unpaired) electrons. The van der Waals surface area contributed by atoms with E-state index in [1.165, 1.54) is 6.07 Å². The molecule has 0 amide bonds. The predicted octanol–water partition coefficient (Wildman–Crippen LogP) is 11.9. The third-order valence-electron chi connectivity index (χ3n) is 8.91. The lowest BCUT2D eigenvalue weighted by atomic mass is 9.96. The Bertz CT molecular complexity index is 3390. The number of hydrogen-bond acceptors (Lipinski definition) is 4. The van der Waals surface area contributed by atoms with Gasteiger partial charge in [0.1, 0.15) is 11.2 Å². The van der Waals surface area contributed by atoms with Gasteiger partial charge in [-0.2, -0.15) is 0 Å². The third-order valence-corrected chi connectivity index (χ3v) is 8.91. The number of nitrogens with zero attached hydrogens (tertiary/aromatic N) is 3. The van der Waals surface area contributed by atoms with Crippen molar-refractivity contribution in [2.24, 2.45) is 0 Å². The van der Waals surface area contributed by atoms with E-state index >= 15 is 0 Å². The van der Waals surface area contributed by atoms with E-state index in [2.05, 4.69) is 0 Å². The minimum atomic E-state index is -0.565. The normalized spacial score (nSPS) is 14.2. The molecule has 49 heavy (non-hydrogen) atoms. The van der Waals surface area contributed by atoms with Gasteiger partial charge in [0.05, 0.1) is 12.3 Å². The van der Waals surface area contributed by atoms with Gasteiger partial charge < -0.3 is 4.42 Å². The molecule has 4 nitrogen and oxygen atoms in total. The Morgan fingerprint density at radius 1 is 0.429 bits per heavy atom. The molecule has 2 aromatic heterocycles. The second-order valence-electron chi connectivity index (χ2n) is 11.8. The zero-order valence-corrected chi connectivity index (χ0v) is 25.6. The molecule has 0 aliphatic heterocycles. The molecule has 8 aromatic carbocycles. The summed E-state index contributed by atoms with van der Waals surface area (Å²) in [5.74, 6) is -0.137. The summed E-state index contributed by atoms with van der Waals surface area (Å²) < 4.78 is 84.7. The van der Waals surface area contributed by atoms with Crippen LogP contribution in [-0.4, -0.2) is 15.0 Å². The number of para-hydroxylation sites is 1. The van der Waals surface area contributed by atoms with Crippen molar-refractivity contribution in [1.29, 1.82) is 0 Å². The molecule has 10 rings (SSSR count). The van der Waals surface area contributed by atoms with Gasteiger partial charge in [-0.15, -0.1) is 0 Å². The Hall–Kier alpha value is -6.65. The van der Waals surface area contributed by atoms with Crippen molar-refractivity contribution in [3.8, 4) is 45.3 Å². The van der Waals surface area contributed by atoms with Crippen molar-refractivity contribution in [1.82, 2.24) is 15.0 Å². The first kappa shape index (κ1) is 19.9. The van der Waals surface area contributed by atoms with E-state index in [0.29, 0.717) is 21.9 Å². The highest BCUT2D eigenvalue weighted by molar-refractivity contribution is 6.16. The van der Waals surface area contributed by atoms with Crippen LogP contribution in [-0.2, 0) is 0 Å². The van der Waals surface area contributed by atoms with E-state index < -0.39 is 30.2 Å². The summed E-state index contributed by atoms with van der Waals surface area (Å²) in [6, 6.07) is 30.9. The van der Waals surface area contributed by atoms with Gasteiger partial charge in [-0.3, -0.25) is 0 Å². The molecular formula is C45H27N3O. The lowest BCUT2D eigenvalue weighted by molar-refractivity contribution is 0.670. The maximum absolute atomic E-state index is 9.60. The number of hydrogen-bond donors (Lipinski definition) is 0. The van der Waals surface area contributed by atoms with E-state index in [9.17, 15) is 1.37 Å². The van der Waals surface area contributed by atoms with Gasteiger partial charge in [0.25, 0.3) is 0 Å². The minimum absolute atomic E-state index is 0.0416. The van der Waals surface area contributed by atoms with Crippen LogP contribution in [0, 0.1) is 0 Å². The zero-order valence-electron chi connectivity index (χ0n) is 34.6. The van der Waals surface area contributed by atoms with Crippen LogP contribution < -0.4 is 0 Å². The van der Waals surface area contributed by atoms with Crippen LogP contribution in [0.3, 0.4) is 0 Å². The fourth-order valence-corrected chi connectivity index (χ4v) is 6.57. The van der Waals surface area contributed by atoms with Crippen LogP contribution in [0.4, 0.5) is 0 Å². The van der Waals surface area contributed by atoms with E-state index in [1.54, 1.807) is 6.07 Å². The molecule has 0 spiro atoms. The van der Waals surface area contributed by atoms with Gasteiger partial charge in [0.15, 0.2) is 17.5 Å². The summed E-state index contributed by atoms with van der Waals surface area (Å²) in [6.07, 6.45) is 0. The second-order valence-corrected chi connectivity index (χ2v) is 11.8. The monoisotopic (exact) mass is 634 g/mol. The van der Waals surface area contributed by atoms with E-state index in [-0.39, 0.29) is 63.9 Å². The van der Waals surface area contributed by atoms with Crippen molar-refractivity contribution < 1.29 is 16.8 Å². The van der Waals surface area contributed by atoms with Crippen LogP contribution in [0.15, 0.2) is 168 Å². The molecule has 0 aliphatic carbocycles. The average molecular weight is 635 g/mol. The maximum atomic E-state index is 9.60. The third kappa shape index (κ3) is 4.57. The summed E-state index contributed by atoms with van der Waals surface area (Å²) in [4.78, 5) is 14.5. The Labute approximate surface area is 294 Å². The van der Waals surface area contributed by atoms with E-state index in [1.807, 2.05) is 97.1 Å². The summed E-state index contributed by atoms with van der Waals surface area (Å²) >= 11 is 0. The Morgan fingerprint density at radius 2 is 1.10 bits per heavy atom. The molecule has 2 heterocycles. The van der Waals surface area contributed by atoms with Gasteiger partial charge in [0.2, 0.25) is 0 Å².